The van der Waals surface area contributed by atoms with Gasteiger partial charge in [0, 0.05) is 16.6 Å². The van der Waals surface area contributed by atoms with Crippen LogP contribution in [0.25, 0.3) is 11.3 Å². The third-order valence-corrected chi connectivity index (χ3v) is 5.58. The minimum absolute atomic E-state index is 0.0878. The van der Waals surface area contributed by atoms with Crippen molar-refractivity contribution in [3.8, 4) is 11.3 Å². The topological polar surface area (TPSA) is 68.0 Å². The molecule has 0 aliphatic heterocycles. The molecule has 3 rings (SSSR count). The second kappa shape index (κ2) is 9.26. The number of carbonyl (C=O) groups excluding carboxylic acids is 1. The predicted octanol–water partition coefficient (Wildman–Crippen LogP) is 5.46. The molecule has 1 aromatic carbocycles. The van der Waals surface area contributed by atoms with E-state index in [9.17, 15) is 4.79 Å². The molecular formula is C21H22ClN3O2S. The van der Waals surface area contributed by atoms with Gasteiger partial charge >= 0.3 is 0 Å². The van der Waals surface area contributed by atoms with Gasteiger partial charge in [-0.25, -0.2) is 0 Å². The highest BCUT2D eigenvalue weighted by molar-refractivity contribution is 7.98. The van der Waals surface area contributed by atoms with E-state index in [-0.39, 0.29) is 11.9 Å². The van der Waals surface area contributed by atoms with Gasteiger partial charge in [-0.05, 0) is 49.2 Å². The van der Waals surface area contributed by atoms with Crippen LogP contribution in [0.5, 0.6) is 0 Å². The standard InChI is InChI=1S/C21H22ClN3O2S/c1-13(2)14(3)23-21(26)19-10-8-17(27-19)12-28-20-11-9-18(24-25-20)15-4-6-16(22)7-5-15/h4-11,13-14H,12H2,1-3H3,(H,23,26)/t14-/m0/s1. The molecule has 146 valence electrons. The number of thioether (sulfide) groups is 1. The number of rotatable bonds is 7. The van der Waals surface area contributed by atoms with Crippen LogP contribution in [0.4, 0.5) is 0 Å². The van der Waals surface area contributed by atoms with E-state index in [2.05, 4.69) is 29.4 Å². The molecule has 0 fully saturated rings. The van der Waals surface area contributed by atoms with E-state index in [1.807, 2.05) is 49.4 Å². The van der Waals surface area contributed by atoms with Crippen LogP contribution >= 0.6 is 23.4 Å². The fraction of sp³-hybridized carbons (Fsp3) is 0.286. The lowest BCUT2D eigenvalue weighted by molar-refractivity contribution is 0.0901. The summed E-state index contributed by atoms with van der Waals surface area (Å²) in [6, 6.07) is 14.9. The number of furan rings is 1. The van der Waals surface area contributed by atoms with Gasteiger partial charge < -0.3 is 9.73 Å². The Hall–Kier alpha value is -2.31. The second-order valence-corrected chi connectivity index (χ2v) is 8.26. The zero-order valence-corrected chi connectivity index (χ0v) is 17.6. The fourth-order valence-electron chi connectivity index (χ4n) is 2.34. The number of nitrogens with one attached hydrogen (secondary N) is 1. The van der Waals surface area contributed by atoms with Crippen LogP contribution in [-0.4, -0.2) is 22.1 Å². The number of carbonyl (C=O) groups is 1. The molecule has 5 nitrogen and oxygen atoms in total. The van der Waals surface area contributed by atoms with E-state index in [1.54, 1.807) is 6.07 Å². The molecule has 1 N–H and O–H groups in total. The van der Waals surface area contributed by atoms with Gasteiger partial charge in [0.25, 0.3) is 5.91 Å². The molecule has 0 saturated carbocycles. The second-order valence-electron chi connectivity index (χ2n) is 6.82. The summed E-state index contributed by atoms with van der Waals surface area (Å²) < 4.78 is 5.66. The number of amides is 1. The molecule has 0 saturated heterocycles. The van der Waals surface area contributed by atoms with E-state index in [0.717, 1.165) is 22.0 Å². The van der Waals surface area contributed by atoms with E-state index in [4.69, 9.17) is 16.0 Å². The van der Waals surface area contributed by atoms with Gasteiger partial charge in [0.2, 0.25) is 0 Å². The largest absolute Gasteiger partial charge is 0.455 e. The van der Waals surface area contributed by atoms with Crippen LogP contribution < -0.4 is 5.32 Å². The van der Waals surface area contributed by atoms with Crippen LogP contribution in [0.15, 0.2) is 58.0 Å². The van der Waals surface area contributed by atoms with Crippen molar-refractivity contribution in [2.75, 3.05) is 0 Å². The average molecular weight is 416 g/mol. The highest BCUT2D eigenvalue weighted by Crippen LogP contribution is 2.24. The molecule has 2 aromatic heterocycles. The molecule has 2 heterocycles. The Balaban J connectivity index is 1.56. The van der Waals surface area contributed by atoms with Crippen molar-refractivity contribution in [1.29, 1.82) is 0 Å². The van der Waals surface area contributed by atoms with E-state index >= 15 is 0 Å². The summed E-state index contributed by atoms with van der Waals surface area (Å²) in [5.74, 6) is 1.79. The van der Waals surface area contributed by atoms with Crippen molar-refractivity contribution in [3.05, 3.63) is 65.1 Å². The number of hydrogen-bond acceptors (Lipinski definition) is 5. The predicted molar refractivity (Wildman–Crippen MR) is 113 cm³/mol. The highest BCUT2D eigenvalue weighted by Gasteiger charge is 2.16. The molecule has 0 radical (unpaired) electrons. The monoisotopic (exact) mass is 415 g/mol. The van der Waals surface area contributed by atoms with Crippen LogP contribution in [-0.2, 0) is 5.75 Å². The highest BCUT2D eigenvalue weighted by atomic mass is 35.5. The van der Waals surface area contributed by atoms with Crippen molar-refractivity contribution >= 4 is 29.3 Å². The molecule has 28 heavy (non-hydrogen) atoms. The van der Waals surface area contributed by atoms with E-state index < -0.39 is 0 Å². The number of halogens is 1. The molecule has 0 bridgehead atoms. The maximum Gasteiger partial charge on any atom is 0.287 e. The summed E-state index contributed by atoms with van der Waals surface area (Å²) in [5.41, 5.74) is 1.75. The van der Waals surface area contributed by atoms with Gasteiger partial charge in [0.1, 0.15) is 10.8 Å². The van der Waals surface area contributed by atoms with Crippen LogP contribution in [0, 0.1) is 5.92 Å². The summed E-state index contributed by atoms with van der Waals surface area (Å²) >= 11 is 7.41. The first-order valence-corrected chi connectivity index (χ1v) is 10.4. The van der Waals surface area contributed by atoms with Crippen molar-refractivity contribution in [2.45, 2.75) is 37.6 Å². The Morgan fingerprint density at radius 2 is 1.82 bits per heavy atom. The lowest BCUT2D eigenvalue weighted by Gasteiger charge is -2.16. The maximum absolute atomic E-state index is 12.2. The van der Waals surface area contributed by atoms with Gasteiger partial charge in [-0.3, -0.25) is 4.79 Å². The van der Waals surface area contributed by atoms with Gasteiger partial charge in [0.05, 0.1) is 11.4 Å². The fourth-order valence-corrected chi connectivity index (χ4v) is 3.17. The number of hydrogen-bond donors (Lipinski definition) is 1. The van der Waals surface area contributed by atoms with Gasteiger partial charge in [-0.2, -0.15) is 0 Å². The first-order valence-electron chi connectivity index (χ1n) is 9.04. The Morgan fingerprint density at radius 1 is 1.07 bits per heavy atom. The van der Waals surface area contributed by atoms with Gasteiger partial charge in [-0.1, -0.05) is 49.3 Å². The first kappa shape index (κ1) is 20.4. The van der Waals surface area contributed by atoms with E-state index in [0.29, 0.717) is 22.5 Å². The summed E-state index contributed by atoms with van der Waals surface area (Å²) in [6.07, 6.45) is 0. The molecule has 0 aliphatic rings. The van der Waals surface area contributed by atoms with Crippen molar-refractivity contribution in [1.82, 2.24) is 15.5 Å². The van der Waals surface area contributed by atoms with Crippen LogP contribution in [0.3, 0.4) is 0 Å². The lowest BCUT2D eigenvalue weighted by Crippen LogP contribution is -2.35. The van der Waals surface area contributed by atoms with Gasteiger partial charge in [0.15, 0.2) is 5.76 Å². The number of aromatic nitrogens is 2. The molecule has 0 spiro atoms. The first-order chi connectivity index (χ1) is 13.4. The van der Waals surface area contributed by atoms with Crippen molar-refractivity contribution < 1.29 is 9.21 Å². The smallest absolute Gasteiger partial charge is 0.287 e. The maximum atomic E-state index is 12.2. The number of benzene rings is 1. The molecule has 1 amide bonds. The molecule has 7 heteroatoms. The molecule has 1 atom stereocenters. The Labute approximate surface area is 173 Å². The van der Waals surface area contributed by atoms with Gasteiger partial charge in [-0.15, -0.1) is 10.2 Å². The molecular weight excluding hydrogens is 394 g/mol. The summed E-state index contributed by atoms with van der Waals surface area (Å²) in [5, 5.41) is 12.9. The molecule has 0 aliphatic carbocycles. The Kier molecular flexibility index (Phi) is 6.75. The molecule has 3 aromatic rings. The Bertz CT molecular complexity index is 924. The van der Waals surface area contributed by atoms with Crippen molar-refractivity contribution in [3.63, 3.8) is 0 Å². The Morgan fingerprint density at radius 3 is 2.46 bits per heavy atom. The van der Waals surface area contributed by atoms with Crippen LogP contribution in [0.2, 0.25) is 5.02 Å². The summed E-state index contributed by atoms with van der Waals surface area (Å²) in [6.45, 7) is 6.11. The minimum atomic E-state index is -0.190. The zero-order valence-electron chi connectivity index (χ0n) is 16.0. The van der Waals surface area contributed by atoms with Crippen molar-refractivity contribution in [2.24, 2.45) is 5.92 Å². The third-order valence-electron chi connectivity index (χ3n) is 4.39. The van der Waals surface area contributed by atoms with E-state index in [1.165, 1.54) is 11.8 Å². The zero-order chi connectivity index (χ0) is 20.1. The quantitative estimate of drug-likeness (QED) is 0.519. The SMILES string of the molecule is CC(C)[C@H](C)NC(=O)c1ccc(CSc2ccc(-c3ccc(Cl)cc3)nn2)o1. The summed E-state index contributed by atoms with van der Waals surface area (Å²) in [7, 11) is 0. The lowest BCUT2D eigenvalue weighted by atomic mass is 10.1. The normalized spacial score (nSPS) is 12.2. The third kappa shape index (κ3) is 5.36. The van der Waals surface area contributed by atoms with Crippen LogP contribution in [0.1, 0.15) is 37.1 Å². The summed E-state index contributed by atoms with van der Waals surface area (Å²) in [4.78, 5) is 12.2. The minimum Gasteiger partial charge on any atom is -0.455 e. The molecule has 0 unspecified atom stereocenters. The average Bonchev–Trinajstić information content (AvgIpc) is 3.16. The number of nitrogens with zero attached hydrogens (tertiary/aromatic N) is 2.